The lowest BCUT2D eigenvalue weighted by Gasteiger charge is -2.44. The third kappa shape index (κ3) is 6.29. The number of nitrogens with one attached hydrogen (secondary N) is 1. The number of rotatable bonds is 6. The number of aromatic nitrogens is 1. The molecule has 2 N–H and O–H groups in total. The van der Waals surface area contributed by atoms with Gasteiger partial charge in [0, 0.05) is 62.5 Å². The molecule has 0 radical (unpaired) electrons. The first kappa shape index (κ1) is 27.2. The summed E-state index contributed by atoms with van der Waals surface area (Å²) < 4.78 is 40.4. The maximum atomic E-state index is 12.9. The third-order valence-corrected chi connectivity index (χ3v) is 8.45. The first-order valence-electron chi connectivity index (χ1n) is 13.4. The highest BCUT2D eigenvalue weighted by molar-refractivity contribution is 5.89. The second-order valence-corrected chi connectivity index (χ2v) is 11.1. The van der Waals surface area contributed by atoms with Crippen LogP contribution in [0.4, 0.5) is 23.7 Å². The second kappa shape index (κ2) is 11.0. The Labute approximate surface area is 224 Å². The number of carboxylic acids is 1. The van der Waals surface area contributed by atoms with Crippen molar-refractivity contribution >= 4 is 17.7 Å². The van der Waals surface area contributed by atoms with Gasteiger partial charge in [0.2, 0.25) is 0 Å². The lowest BCUT2D eigenvalue weighted by molar-refractivity contribution is -0.139. The van der Waals surface area contributed by atoms with Gasteiger partial charge in [-0.15, -0.1) is 0 Å². The van der Waals surface area contributed by atoms with Gasteiger partial charge in [0.15, 0.2) is 0 Å². The Morgan fingerprint density at radius 3 is 2.49 bits per heavy atom. The lowest BCUT2D eigenvalue weighted by Crippen LogP contribution is -2.49. The fourth-order valence-electron chi connectivity index (χ4n) is 6.56. The number of likely N-dealkylation sites (tertiary alicyclic amines) is 2. The fraction of sp³-hybridized carbons (Fsp3) is 0.536. The number of hydrogen-bond acceptors (Lipinski definition) is 4. The predicted molar refractivity (Wildman–Crippen MR) is 138 cm³/mol. The standard InChI is InChI=1S/C28H33F3N4O4/c29-28(30,31)22-4-6-23(7-5-22)32-27(39)34-11-9-19(13-26(37)38)20(17-34)8-10-33-14-18-12-21(16-33)24-2-1-3-25(36)35(24)15-18/h1-7,18-21H,8-17H2,(H,32,39)(H,37,38). The predicted octanol–water partition coefficient (Wildman–Crippen LogP) is 4.32. The minimum atomic E-state index is -4.45. The van der Waals surface area contributed by atoms with Gasteiger partial charge in [-0.1, -0.05) is 6.07 Å². The first-order chi connectivity index (χ1) is 18.6. The average Bonchev–Trinajstić information content (AvgIpc) is 2.88. The van der Waals surface area contributed by atoms with E-state index in [-0.39, 0.29) is 29.5 Å². The van der Waals surface area contributed by atoms with Crippen LogP contribution in [0.2, 0.25) is 0 Å². The maximum Gasteiger partial charge on any atom is 0.416 e. The number of alkyl halides is 3. The molecule has 39 heavy (non-hydrogen) atoms. The number of carbonyl (C=O) groups excluding carboxylic acids is 1. The van der Waals surface area contributed by atoms with Crippen LogP contribution in [0, 0.1) is 17.8 Å². The van der Waals surface area contributed by atoms with E-state index in [1.807, 2.05) is 16.7 Å². The van der Waals surface area contributed by atoms with Crippen LogP contribution in [-0.4, -0.2) is 64.2 Å². The zero-order chi connectivity index (χ0) is 27.7. The molecular weight excluding hydrogens is 513 g/mol. The van der Waals surface area contributed by atoms with Crippen LogP contribution in [0.25, 0.3) is 0 Å². The van der Waals surface area contributed by atoms with Gasteiger partial charge < -0.3 is 24.8 Å². The van der Waals surface area contributed by atoms with Crippen LogP contribution in [0.15, 0.2) is 47.3 Å². The molecule has 0 spiro atoms. The summed E-state index contributed by atoms with van der Waals surface area (Å²) in [6.45, 7) is 3.99. The summed E-state index contributed by atoms with van der Waals surface area (Å²) in [7, 11) is 0. The molecule has 3 aliphatic rings. The number of carboxylic acid groups (broad SMARTS) is 1. The Hall–Kier alpha value is -3.34. The molecule has 5 rings (SSSR count). The molecule has 1 aromatic heterocycles. The highest BCUT2D eigenvalue weighted by Crippen LogP contribution is 2.36. The molecule has 8 nitrogen and oxygen atoms in total. The van der Waals surface area contributed by atoms with Gasteiger partial charge in [-0.25, -0.2) is 4.79 Å². The van der Waals surface area contributed by atoms with E-state index in [0.717, 1.165) is 50.3 Å². The molecule has 11 heteroatoms. The number of fused-ring (bicyclic) bond motifs is 4. The van der Waals surface area contributed by atoms with Gasteiger partial charge in [-0.2, -0.15) is 13.2 Å². The largest absolute Gasteiger partial charge is 0.481 e. The van der Waals surface area contributed by atoms with Gasteiger partial charge in [-0.05, 0) is 73.9 Å². The quantitative estimate of drug-likeness (QED) is 0.563. The third-order valence-electron chi connectivity index (χ3n) is 8.45. The van der Waals surface area contributed by atoms with Crippen molar-refractivity contribution in [1.82, 2.24) is 14.4 Å². The van der Waals surface area contributed by atoms with E-state index in [9.17, 15) is 32.7 Å². The molecule has 4 unspecified atom stereocenters. The fourth-order valence-corrected chi connectivity index (χ4v) is 6.56. The van der Waals surface area contributed by atoms with Crippen molar-refractivity contribution in [2.24, 2.45) is 17.8 Å². The number of benzene rings is 1. The summed E-state index contributed by atoms with van der Waals surface area (Å²) >= 11 is 0. The van der Waals surface area contributed by atoms with E-state index in [2.05, 4.69) is 10.2 Å². The molecule has 3 aliphatic heterocycles. The van der Waals surface area contributed by atoms with E-state index in [0.29, 0.717) is 37.9 Å². The van der Waals surface area contributed by atoms with Crippen molar-refractivity contribution in [3.8, 4) is 0 Å². The molecule has 2 bridgehead atoms. The molecule has 0 saturated carbocycles. The second-order valence-electron chi connectivity index (χ2n) is 11.1. The van der Waals surface area contributed by atoms with Crippen LogP contribution < -0.4 is 10.9 Å². The summed E-state index contributed by atoms with van der Waals surface area (Å²) in [5.41, 5.74) is 0.615. The molecule has 4 heterocycles. The van der Waals surface area contributed by atoms with E-state index in [4.69, 9.17) is 0 Å². The number of halogens is 3. The molecule has 2 aromatic rings. The van der Waals surface area contributed by atoms with Gasteiger partial charge in [0.05, 0.1) is 5.56 Å². The number of carbonyl (C=O) groups is 2. The number of urea groups is 1. The Morgan fingerprint density at radius 2 is 1.77 bits per heavy atom. The van der Waals surface area contributed by atoms with Crippen LogP contribution in [0.1, 0.15) is 42.9 Å². The molecular formula is C28H33F3N4O4. The van der Waals surface area contributed by atoms with Crippen LogP contribution in [0.5, 0.6) is 0 Å². The molecule has 2 saturated heterocycles. The van der Waals surface area contributed by atoms with Crippen LogP contribution in [-0.2, 0) is 17.5 Å². The van der Waals surface area contributed by atoms with E-state index in [1.54, 1.807) is 11.0 Å². The summed E-state index contributed by atoms with van der Waals surface area (Å²) in [4.78, 5) is 40.8. The Bertz CT molecular complexity index is 1260. The van der Waals surface area contributed by atoms with Gasteiger partial charge in [0.1, 0.15) is 0 Å². The average molecular weight is 547 g/mol. The number of aliphatic carboxylic acids is 1. The summed E-state index contributed by atoms with van der Waals surface area (Å²) in [5.74, 6) is -0.240. The number of piperidine rings is 2. The monoisotopic (exact) mass is 546 g/mol. The van der Waals surface area contributed by atoms with Crippen molar-refractivity contribution in [1.29, 1.82) is 0 Å². The molecule has 2 amide bonds. The Morgan fingerprint density at radius 1 is 1.00 bits per heavy atom. The highest BCUT2D eigenvalue weighted by Gasteiger charge is 2.37. The van der Waals surface area contributed by atoms with E-state index in [1.165, 1.54) is 12.1 Å². The molecule has 0 aliphatic carbocycles. The van der Waals surface area contributed by atoms with E-state index < -0.39 is 23.7 Å². The van der Waals surface area contributed by atoms with Crippen molar-refractivity contribution in [2.75, 3.05) is 38.0 Å². The van der Waals surface area contributed by atoms with Crippen LogP contribution in [0.3, 0.4) is 0 Å². The molecule has 2 fully saturated rings. The van der Waals surface area contributed by atoms with Crippen molar-refractivity contribution in [3.63, 3.8) is 0 Å². The first-order valence-corrected chi connectivity index (χ1v) is 13.4. The Balaban J connectivity index is 1.21. The minimum absolute atomic E-state index is 0.00937. The molecule has 1 aromatic carbocycles. The van der Waals surface area contributed by atoms with Crippen molar-refractivity contribution < 1.29 is 27.9 Å². The van der Waals surface area contributed by atoms with Gasteiger partial charge >= 0.3 is 18.2 Å². The zero-order valence-electron chi connectivity index (χ0n) is 21.6. The maximum absolute atomic E-state index is 12.9. The van der Waals surface area contributed by atoms with Gasteiger partial charge in [0.25, 0.3) is 5.56 Å². The number of anilines is 1. The minimum Gasteiger partial charge on any atom is -0.481 e. The number of pyridine rings is 1. The van der Waals surface area contributed by atoms with E-state index >= 15 is 0 Å². The number of hydrogen-bond donors (Lipinski definition) is 2. The normalized spacial score (nSPS) is 25.2. The topological polar surface area (TPSA) is 94.9 Å². The molecule has 210 valence electrons. The Kier molecular flexibility index (Phi) is 7.70. The summed E-state index contributed by atoms with van der Waals surface area (Å²) in [6, 6.07) is 9.37. The highest BCUT2D eigenvalue weighted by atomic mass is 19.4. The number of nitrogens with zero attached hydrogens (tertiary/aromatic N) is 3. The van der Waals surface area contributed by atoms with Gasteiger partial charge in [-0.3, -0.25) is 9.59 Å². The summed E-state index contributed by atoms with van der Waals surface area (Å²) in [6.07, 6.45) is -2.05. The van der Waals surface area contributed by atoms with Crippen molar-refractivity contribution in [2.45, 2.75) is 44.3 Å². The zero-order valence-corrected chi connectivity index (χ0v) is 21.6. The molecule has 4 atom stereocenters. The van der Waals surface area contributed by atoms with Crippen LogP contribution >= 0.6 is 0 Å². The number of amides is 2. The smallest absolute Gasteiger partial charge is 0.416 e. The lowest BCUT2D eigenvalue weighted by atomic mass is 9.80. The summed E-state index contributed by atoms with van der Waals surface area (Å²) in [5, 5.41) is 12.1. The SMILES string of the molecule is O=C(O)CC1CCN(C(=O)Nc2ccc(C(F)(F)F)cc2)CC1CCN1CC2CC(C1)c1cccc(=O)n1C2. The van der Waals surface area contributed by atoms with Crippen molar-refractivity contribution in [3.05, 3.63) is 64.1 Å².